The topological polar surface area (TPSA) is 49.8 Å². The second-order valence-electron chi connectivity index (χ2n) is 6.42. The summed E-state index contributed by atoms with van der Waals surface area (Å²) < 4.78 is 19.3. The number of anilines is 1. The van der Waals surface area contributed by atoms with Crippen molar-refractivity contribution in [3.8, 4) is 0 Å². The molecule has 0 heterocycles. The third-order valence-corrected chi connectivity index (χ3v) is 6.76. The maximum absolute atomic E-state index is 13.5. The fraction of sp³-hybridized carbons (Fsp3) is 0.368. The van der Waals surface area contributed by atoms with E-state index in [-0.39, 0.29) is 12.5 Å². The van der Waals surface area contributed by atoms with Gasteiger partial charge < -0.3 is 14.5 Å². The molecule has 24 heavy (non-hydrogen) atoms. The second-order valence-corrected chi connectivity index (χ2v) is 8.92. The van der Waals surface area contributed by atoms with Crippen molar-refractivity contribution in [2.75, 3.05) is 19.0 Å². The highest BCUT2D eigenvalue weighted by molar-refractivity contribution is 7.67. The summed E-state index contributed by atoms with van der Waals surface area (Å²) in [6, 6.07) is 16.9. The van der Waals surface area contributed by atoms with Crippen molar-refractivity contribution in [3.63, 3.8) is 0 Å². The van der Waals surface area contributed by atoms with Crippen LogP contribution in [0.4, 0.5) is 5.69 Å². The van der Waals surface area contributed by atoms with E-state index in [9.17, 15) is 9.67 Å². The van der Waals surface area contributed by atoms with Gasteiger partial charge in [-0.25, -0.2) is 0 Å². The predicted octanol–water partition coefficient (Wildman–Crippen LogP) is 3.85. The minimum absolute atomic E-state index is 0.167. The van der Waals surface area contributed by atoms with Crippen LogP contribution >= 0.6 is 7.37 Å². The van der Waals surface area contributed by atoms with E-state index in [1.54, 1.807) is 12.1 Å². The SMILES string of the molecule is CC(C)[C@H](O)[P@](=O)(OCc1ccccc1)c1ccc(N(C)C)cc1. The van der Waals surface area contributed by atoms with Gasteiger partial charge in [-0.05, 0) is 35.7 Å². The average Bonchev–Trinajstić information content (AvgIpc) is 2.60. The molecule has 5 heteroatoms. The van der Waals surface area contributed by atoms with Gasteiger partial charge in [0.25, 0.3) is 7.37 Å². The van der Waals surface area contributed by atoms with Gasteiger partial charge in [-0.1, -0.05) is 44.2 Å². The van der Waals surface area contributed by atoms with Gasteiger partial charge in [0.1, 0.15) is 5.85 Å². The molecule has 0 radical (unpaired) electrons. The number of hydrogen-bond acceptors (Lipinski definition) is 4. The summed E-state index contributed by atoms with van der Waals surface area (Å²) in [5.41, 5.74) is 1.94. The molecule has 4 nitrogen and oxygen atoms in total. The zero-order chi connectivity index (χ0) is 17.7. The van der Waals surface area contributed by atoms with Gasteiger partial charge in [0.05, 0.1) is 6.61 Å². The van der Waals surface area contributed by atoms with E-state index in [0.717, 1.165) is 11.3 Å². The van der Waals surface area contributed by atoms with Crippen molar-refractivity contribution in [2.45, 2.75) is 26.3 Å². The van der Waals surface area contributed by atoms with Gasteiger partial charge in [0.15, 0.2) is 0 Å². The lowest BCUT2D eigenvalue weighted by molar-refractivity contribution is 0.169. The first-order valence-electron chi connectivity index (χ1n) is 8.09. The molecule has 1 N–H and O–H groups in total. The Morgan fingerprint density at radius 1 is 1.04 bits per heavy atom. The van der Waals surface area contributed by atoms with Crippen LogP contribution in [0, 0.1) is 5.92 Å². The van der Waals surface area contributed by atoms with Crippen molar-refractivity contribution in [1.82, 2.24) is 0 Å². The van der Waals surface area contributed by atoms with Gasteiger partial charge in [-0.3, -0.25) is 4.57 Å². The molecular weight excluding hydrogens is 321 g/mol. The minimum Gasteiger partial charge on any atom is -0.382 e. The lowest BCUT2D eigenvalue weighted by atomic mass is 10.2. The molecule has 2 atom stereocenters. The third-order valence-electron chi connectivity index (χ3n) is 3.94. The van der Waals surface area contributed by atoms with E-state index in [0.29, 0.717) is 5.30 Å². The van der Waals surface area contributed by atoms with E-state index in [4.69, 9.17) is 4.52 Å². The summed E-state index contributed by atoms with van der Waals surface area (Å²) in [6.07, 6.45) is 0. The first-order valence-corrected chi connectivity index (χ1v) is 9.78. The van der Waals surface area contributed by atoms with E-state index >= 15 is 0 Å². The molecule has 130 valence electrons. The summed E-state index contributed by atoms with van der Waals surface area (Å²) in [7, 11) is 0.498. The summed E-state index contributed by atoms with van der Waals surface area (Å²) >= 11 is 0. The molecule has 0 saturated carbocycles. The lowest BCUT2D eigenvalue weighted by Crippen LogP contribution is -2.24. The summed E-state index contributed by atoms with van der Waals surface area (Å²) in [5.74, 6) is -1.20. The van der Waals surface area contributed by atoms with Crippen LogP contribution in [-0.4, -0.2) is 25.0 Å². The highest BCUT2D eigenvalue weighted by Gasteiger charge is 2.37. The Bertz CT molecular complexity index is 684. The van der Waals surface area contributed by atoms with E-state index in [2.05, 4.69) is 0 Å². The molecule has 0 aromatic heterocycles. The molecule has 0 aliphatic carbocycles. The molecule has 2 aromatic carbocycles. The van der Waals surface area contributed by atoms with Gasteiger partial charge in [0.2, 0.25) is 0 Å². The van der Waals surface area contributed by atoms with Crippen molar-refractivity contribution in [1.29, 1.82) is 0 Å². The van der Waals surface area contributed by atoms with Crippen molar-refractivity contribution in [3.05, 3.63) is 60.2 Å². The van der Waals surface area contributed by atoms with Crippen LogP contribution in [0.2, 0.25) is 0 Å². The van der Waals surface area contributed by atoms with E-state index in [1.165, 1.54) is 0 Å². The number of aliphatic hydroxyl groups is 1. The quantitative estimate of drug-likeness (QED) is 0.773. The Labute approximate surface area is 144 Å². The fourth-order valence-corrected chi connectivity index (χ4v) is 4.70. The molecule has 0 fully saturated rings. The van der Waals surface area contributed by atoms with Crippen LogP contribution < -0.4 is 10.2 Å². The molecule has 0 bridgehead atoms. The molecule has 2 rings (SSSR count). The van der Waals surface area contributed by atoms with Crippen molar-refractivity contribution < 1.29 is 14.2 Å². The molecule has 0 saturated heterocycles. The Morgan fingerprint density at radius 2 is 1.62 bits per heavy atom. The number of hydrogen-bond donors (Lipinski definition) is 1. The Morgan fingerprint density at radius 3 is 2.12 bits per heavy atom. The predicted molar refractivity (Wildman–Crippen MR) is 100 cm³/mol. The first-order chi connectivity index (χ1) is 11.3. The summed E-state index contributed by atoms with van der Waals surface area (Å²) in [6.45, 7) is 3.89. The fourth-order valence-electron chi connectivity index (χ4n) is 2.40. The first kappa shape index (κ1) is 18.7. The highest BCUT2D eigenvalue weighted by Crippen LogP contribution is 2.53. The van der Waals surface area contributed by atoms with Gasteiger partial charge in [-0.15, -0.1) is 0 Å². The molecular formula is C19H26NO3P. The molecule has 0 aliphatic heterocycles. The smallest absolute Gasteiger partial charge is 0.260 e. The lowest BCUT2D eigenvalue weighted by Gasteiger charge is -2.27. The number of aliphatic hydroxyl groups excluding tert-OH is 1. The van der Waals surface area contributed by atoms with Gasteiger partial charge >= 0.3 is 0 Å². The van der Waals surface area contributed by atoms with Crippen LogP contribution in [0.15, 0.2) is 54.6 Å². The summed E-state index contributed by atoms with van der Waals surface area (Å²) in [4.78, 5) is 1.97. The Balaban J connectivity index is 2.30. The van der Waals surface area contributed by atoms with Gasteiger partial charge in [0, 0.05) is 25.1 Å². The molecule has 0 aliphatic rings. The zero-order valence-electron chi connectivity index (χ0n) is 14.7. The number of nitrogens with zero attached hydrogens (tertiary/aromatic N) is 1. The van der Waals surface area contributed by atoms with E-state index in [1.807, 2.05) is 75.3 Å². The van der Waals surface area contributed by atoms with Crippen molar-refractivity contribution in [2.24, 2.45) is 5.92 Å². The maximum Gasteiger partial charge on any atom is 0.260 e. The van der Waals surface area contributed by atoms with Crippen LogP contribution in [0.25, 0.3) is 0 Å². The molecule has 0 spiro atoms. The molecule has 0 amide bonds. The largest absolute Gasteiger partial charge is 0.382 e. The summed E-state index contributed by atoms with van der Waals surface area (Å²) in [5, 5.41) is 11.1. The molecule has 0 unspecified atom stereocenters. The Hall–Kier alpha value is -1.61. The zero-order valence-corrected chi connectivity index (χ0v) is 15.6. The average molecular weight is 347 g/mol. The third kappa shape index (κ3) is 4.27. The van der Waals surface area contributed by atoms with Crippen LogP contribution in [0.1, 0.15) is 19.4 Å². The number of rotatable bonds is 7. The monoisotopic (exact) mass is 347 g/mol. The highest BCUT2D eigenvalue weighted by atomic mass is 31.2. The minimum atomic E-state index is -3.40. The van der Waals surface area contributed by atoms with Gasteiger partial charge in [-0.2, -0.15) is 0 Å². The Kier molecular flexibility index (Phi) is 6.22. The number of benzene rings is 2. The van der Waals surface area contributed by atoms with Crippen LogP contribution in [0.5, 0.6) is 0 Å². The normalized spacial score (nSPS) is 15.1. The molecule has 2 aromatic rings. The van der Waals surface area contributed by atoms with Crippen LogP contribution in [-0.2, 0) is 15.7 Å². The second kappa shape index (κ2) is 7.98. The standard InChI is InChI=1S/C19H26NO3P/c1-15(2)19(21)24(22,23-14-16-8-6-5-7-9-16)18-12-10-17(11-13-18)20(3)4/h5-13,15,19,21H,14H2,1-4H3/t19-,24-/m1/s1. The maximum atomic E-state index is 13.5. The van der Waals surface area contributed by atoms with E-state index < -0.39 is 13.2 Å². The van der Waals surface area contributed by atoms with Crippen LogP contribution in [0.3, 0.4) is 0 Å². The van der Waals surface area contributed by atoms with Crippen molar-refractivity contribution >= 4 is 18.4 Å².